The lowest BCUT2D eigenvalue weighted by atomic mass is 10.2. The third-order valence-corrected chi connectivity index (χ3v) is 5.51. The second-order valence-electron chi connectivity index (χ2n) is 6.46. The molecule has 1 saturated heterocycles. The van der Waals surface area contributed by atoms with E-state index in [2.05, 4.69) is 10.2 Å². The summed E-state index contributed by atoms with van der Waals surface area (Å²) in [6.45, 7) is 0.177. The van der Waals surface area contributed by atoms with Crippen molar-refractivity contribution in [3.8, 4) is 5.75 Å². The molecule has 6 nitrogen and oxygen atoms in total. The molecule has 1 amide bonds. The van der Waals surface area contributed by atoms with Crippen LogP contribution in [0.15, 0.2) is 80.4 Å². The fourth-order valence-electron chi connectivity index (χ4n) is 2.76. The topological polar surface area (TPSA) is 78.4 Å². The maximum absolute atomic E-state index is 13.2. The highest BCUT2D eigenvalue weighted by Crippen LogP contribution is 2.34. The van der Waals surface area contributed by atoms with Crippen LogP contribution >= 0.6 is 23.4 Å². The van der Waals surface area contributed by atoms with Crippen LogP contribution < -0.4 is 0 Å². The van der Waals surface area contributed by atoms with E-state index in [0.717, 1.165) is 11.8 Å². The summed E-state index contributed by atoms with van der Waals surface area (Å²) >= 11 is 7.08. The van der Waals surface area contributed by atoms with Crippen molar-refractivity contribution >= 4 is 46.7 Å². The van der Waals surface area contributed by atoms with Crippen LogP contribution in [-0.2, 0) is 11.3 Å². The van der Waals surface area contributed by atoms with E-state index in [0.29, 0.717) is 32.0 Å². The van der Waals surface area contributed by atoms with Crippen LogP contribution in [0, 0.1) is 5.82 Å². The van der Waals surface area contributed by atoms with Gasteiger partial charge in [-0.05, 0) is 65.9 Å². The number of furan rings is 1. The zero-order valence-electron chi connectivity index (χ0n) is 15.9. The fraction of sp³-hybridized carbons (Fsp3) is 0.0455. The van der Waals surface area contributed by atoms with E-state index < -0.39 is 0 Å². The number of hydrogen-bond donors (Lipinski definition) is 1. The summed E-state index contributed by atoms with van der Waals surface area (Å²) in [5.41, 5.74) is 1.08. The van der Waals surface area contributed by atoms with Crippen LogP contribution in [0.2, 0.25) is 5.02 Å². The number of carbonyl (C=O) groups is 1. The van der Waals surface area contributed by atoms with Crippen molar-refractivity contribution in [2.24, 2.45) is 10.2 Å². The van der Waals surface area contributed by atoms with Crippen molar-refractivity contribution in [1.82, 2.24) is 4.90 Å². The van der Waals surface area contributed by atoms with Gasteiger partial charge in [-0.1, -0.05) is 23.7 Å². The molecule has 0 unspecified atom stereocenters. The molecule has 2 heterocycles. The van der Waals surface area contributed by atoms with Gasteiger partial charge in [0.05, 0.1) is 23.9 Å². The zero-order valence-corrected chi connectivity index (χ0v) is 17.5. The molecule has 1 fully saturated rings. The average molecular weight is 456 g/mol. The predicted molar refractivity (Wildman–Crippen MR) is 119 cm³/mol. The molecule has 0 bridgehead atoms. The molecule has 0 aliphatic carbocycles. The fourth-order valence-corrected chi connectivity index (χ4v) is 3.88. The Balaban J connectivity index is 1.63. The van der Waals surface area contributed by atoms with Crippen molar-refractivity contribution in [2.45, 2.75) is 6.54 Å². The molecule has 1 aliphatic rings. The molecule has 4 rings (SSSR count). The van der Waals surface area contributed by atoms with Gasteiger partial charge in [-0.15, -0.1) is 5.10 Å². The summed E-state index contributed by atoms with van der Waals surface area (Å²) in [6.07, 6.45) is 4.54. The molecule has 0 saturated carbocycles. The number of hydrogen-bond acceptors (Lipinski definition) is 6. The van der Waals surface area contributed by atoms with Crippen molar-refractivity contribution < 1.29 is 18.7 Å². The summed E-state index contributed by atoms with van der Waals surface area (Å²) in [5, 5.41) is 18.9. The molecule has 31 heavy (non-hydrogen) atoms. The Morgan fingerprint density at radius 2 is 2.00 bits per heavy atom. The third kappa shape index (κ3) is 5.04. The summed E-state index contributed by atoms with van der Waals surface area (Å²) in [5.74, 6) is -0.0351. The largest absolute Gasteiger partial charge is 0.507 e. The van der Waals surface area contributed by atoms with Crippen molar-refractivity contribution in [2.75, 3.05) is 0 Å². The molecule has 2 aromatic carbocycles. The number of amidine groups is 1. The minimum atomic E-state index is -0.354. The van der Waals surface area contributed by atoms with Gasteiger partial charge in [0, 0.05) is 10.6 Å². The lowest BCUT2D eigenvalue weighted by molar-refractivity contribution is -0.122. The maximum atomic E-state index is 13.2. The number of aromatic hydroxyl groups is 1. The minimum absolute atomic E-state index is 0.00726. The molecule has 3 aromatic rings. The van der Waals surface area contributed by atoms with Gasteiger partial charge < -0.3 is 9.52 Å². The third-order valence-electron chi connectivity index (χ3n) is 4.28. The lowest BCUT2D eigenvalue weighted by Gasteiger charge is -2.12. The van der Waals surface area contributed by atoms with Crippen LogP contribution in [0.4, 0.5) is 4.39 Å². The van der Waals surface area contributed by atoms with E-state index in [1.807, 2.05) is 0 Å². The van der Waals surface area contributed by atoms with Gasteiger partial charge in [-0.3, -0.25) is 9.69 Å². The normalized spacial score (nSPS) is 16.8. The highest BCUT2D eigenvalue weighted by molar-refractivity contribution is 8.18. The molecule has 156 valence electrons. The highest BCUT2D eigenvalue weighted by atomic mass is 35.5. The standard InChI is InChI=1S/C22H15ClFN3O3S/c23-16-5-8-19(28)15(11-16)12-25-26-22-27(13-18-2-1-9-30-18)21(29)20(31-22)10-14-3-6-17(24)7-4-14/h1-12,28H,13H2/b20-10-,25-12-,26-22+. The number of phenols is 1. The first-order chi connectivity index (χ1) is 15.0. The van der Waals surface area contributed by atoms with E-state index in [9.17, 15) is 14.3 Å². The van der Waals surface area contributed by atoms with Gasteiger partial charge in [0.2, 0.25) is 0 Å². The molecule has 0 radical (unpaired) electrons. The minimum Gasteiger partial charge on any atom is -0.507 e. The maximum Gasteiger partial charge on any atom is 0.267 e. The van der Waals surface area contributed by atoms with Crippen molar-refractivity contribution in [3.63, 3.8) is 0 Å². The van der Waals surface area contributed by atoms with Crippen molar-refractivity contribution in [1.29, 1.82) is 0 Å². The number of nitrogens with zero attached hydrogens (tertiary/aromatic N) is 3. The lowest BCUT2D eigenvalue weighted by Crippen LogP contribution is -2.28. The Kier molecular flexibility index (Phi) is 6.20. The number of amides is 1. The number of phenolic OH excluding ortho intramolecular Hbond substituents is 1. The van der Waals surface area contributed by atoms with Gasteiger partial charge in [-0.2, -0.15) is 5.10 Å². The van der Waals surface area contributed by atoms with E-state index in [4.69, 9.17) is 16.0 Å². The van der Waals surface area contributed by atoms with Gasteiger partial charge in [0.15, 0.2) is 5.17 Å². The molecule has 1 N–H and O–H groups in total. The number of carbonyl (C=O) groups excluding carboxylic acids is 1. The van der Waals surface area contributed by atoms with Gasteiger partial charge >= 0.3 is 0 Å². The second kappa shape index (κ2) is 9.20. The van der Waals surface area contributed by atoms with E-state index in [-0.39, 0.29) is 24.0 Å². The molecule has 1 aromatic heterocycles. The van der Waals surface area contributed by atoms with Crippen LogP contribution in [-0.4, -0.2) is 27.3 Å². The first kappa shape index (κ1) is 20.9. The van der Waals surface area contributed by atoms with E-state index in [1.165, 1.54) is 35.6 Å². The van der Waals surface area contributed by atoms with Crippen LogP contribution in [0.1, 0.15) is 16.9 Å². The quantitative estimate of drug-likeness (QED) is 0.322. The Labute approximate surface area is 186 Å². The Morgan fingerprint density at radius 1 is 1.19 bits per heavy atom. The van der Waals surface area contributed by atoms with Crippen LogP contribution in [0.3, 0.4) is 0 Å². The Morgan fingerprint density at radius 3 is 2.74 bits per heavy atom. The highest BCUT2D eigenvalue weighted by Gasteiger charge is 2.34. The SMILES string of the molecule is O=C1/C(=C/c2ccc(F)cc2)S/C(=N/N=C\c2cc(Cl)ccc2O)N1Cc1ccco1. The van der Waals surface area contributed by atoms with Crippen LogP contribution in [0.25, 0.3) is 6.08 Å². The molecule has 9 heteroatoms. The van der Waals surface area contributed by atoms with Crippen LogP contribution in [0.5, 0.6) is 5.75 Å². The summed E-state index contributed by atoms with van der Waals surface area (Å²) in [6, 6.07) is 13.9. The van der Waals surface area contributed by atoms with E-state index >= 15 is 0 Å². The average Bonchev–Trinajstić information content (AvgIpc) is 3.36. The molecule has 1 aliphatic heterocycles. The van der Waals surface area contributed by atoms with Crippen molar-refractivity contribution in [3.05, 3.63) is 93.5 Å². The summed E-state index contributed by atoms with van der Waals surface area (Å²) in [4.78, 5) is 14.8. The van der Waals surface area contributed by atoms with Gasteiger partial charge in [-0.25, -0.2) is 4.39 Å². The van der Waals surface area contributed by atoms with Gasteiger partial charge in [0.25, 0.3) is 5.91 Å². The molecular weight excluding hydrogens is 441 g/mol. The molecular formula is C22H15ClFN3O3S. The molecule has 0 atom stereocenters. The number of benzene rings is 2. The Bertz CT molecular complexity index is 1190. The monoisotopic (exact) mass is 455 g/mol. The predicted octanol–water partition coefficient (Wildman–Crippen LogP) is 5.28. The van der Waals surface area contributed by atoms with E-state index in [1.54, 1.807) is 42.5 Å². The number of rotatable bonds is 5. The smallest absolute Gasteiger partial charge is 0.267 e. The Hall–Kier alpha value is -3.36. The zero-order chi connectivity index (χ0) is 21.8. The first-order valence-corrected chi connectivity index (χ1v) is 10.3. The number of thioether (sulfide) groups is 1. The second-order valence-corrected chi connectivity index (χ2v) is 7.91. The summed E-state index contributed by atoms with van der Waals surface area (Å²) < 4.78 is 18.5. The van der Waals surface area contributed by atoms with Gasteiger partial charge in [0.1, 0.15) is 17.3 Å². The first-order valence-electron chi connectivity index (χ1n) is 9.08. The summed E-state index contributed by atoms with van der Waals surface area (Å²) in [7, 11) is 0. The number of halogens is 2. The molecule has 0 spiro atoms.